The number of hydrogen-bond donors (Lipinski definition) is 2. The van der Waals surface area contributed by atoms with E-state index in [0.29, 0.717) is 11.1 Å². The molecule has 0 radical (unpaired) electrons. The predicted octanol–water partition coefficient (Wildman–Crippen LogP) is 2.81. The highest BCUT2D eigenvalue weighted by Gasteiger charge is 2.18. The van der Waals surface area contributed by atoms with Gasteiger partial charge in [-0.15, -0.1) is 0 Å². The van der Waals surface area contributed by atoms with Crippen molar-refractivity contribution in [2.24, 2.45) is 0 Å². The molecule has 0 aliphatic heterocycles. The fourth-order valence-corrected chi connectivity index (χ4v) is 3.11. The van der Waals surface area contributed by atoms with Gasteiger partial charge in [-0.05, 0) is 37.1 Å². The molecule has 0 bridgehead atoms. The first-order valence-electron chi connectivity index (χ1n) is 5.79. The first kappa shape index (κ1) is 13.4. The summed E-state index contributed by atoms with van der Waals surface area (Å²) < 4.78 is 26.9. The van der Waals surface area contributed by atoms with Gasteiger partial charge >= 0.3 is 0 Å². The minimum Gasteiger partial charge on any atom is -0.505 e. The number of phenolic OH excluding ortho intramolecular Hbond substituents is 1. The highest BCUT2D eigenvalue weighted by Crippen LogP contribution is 2.29. The van der Waals surface area contributed by atoms with Crippen molar-refractivity contribution < 1.29 is 13.5 Å². The maximum Gasteiger partial charge on any atom is 0.262 e. The lowest BCUT2D eigenvalue weighted by atomic mass is 10.2. The van der Waals surface area contributed by atoms with Crippen LogP contribution in [0.25, 0.3) is 0 Å². The monoisotopic (exact) mass is 277 g/mol. The number of nitrogens with one attached hydrogen (secondary N) is 1. The van der Waals surface area contributed by atoms with Crippen LogP contribution in [0.5, 0.6) is 5.75 Å². The van der Waals surface area contributed by atoms with Crippen molar-refractivity contribution in [1.82, 2.24) is 0 Å². The summed E-state index contributed by atoms with van der Waals surface area (Å²) in [6.45, 7) is 3.44. The van der Waals surface area contributed by atoms with Crippen LogP contribution in [0.15, 0.2) is 47.4 Å². The molecule has 5 heteroatoms. The van der Waals surface area contributed by atoms with Crippen LogP contribution in [0, 0.1) is 13.8 Å². The van der Waals surface area contributed by atoms with Crippen LogP contribution in [0.2, 0.25) is 0 Å². The van der Waals surface area contributed by atoms with Crippen LogP contribution in [0.4, 0.5) is 5.69 Å². The molecule has 0 atom stereocenters. The topological polar surface area (TPSA) is 66.4 Å². The number of hydrogen-bond acceptors (Lipinski definition) is 3. The molecule has 2 N–H and O–H groups in total. The van der Waals surface area contributed by atoms with Crippen molar-refractivity contribution >= 4 is 15.7 Å². The number of aryl methyl sites for hydroxylation is 2. The Labute approximate surface area is 112 Å². The maximum absolute atomic E-state index is 12.3. The molecule has 2 rings (SSSR count). The smallest absolute Gasteiger partial charge is 0.262 e. The minimum atomic E-state index is -3.69. The number of phenols is 1. The molecule has 0 aromatic heterocycles. The predicted molar refractivity (Wildman–Crippen MR) is 74.8 cm³/mol. The number of benzene rings is 2. The van der Waals surface area contributed by atoms with Crippen molar-refractivity contribution in [2.75, 3.05) is 4.72 Å². The molecule has 0 heterocycles. The van der Waals surface area contributed by atoms with Gasteiger partial charge in [-0.25, -0.2) is 8.42 Å². The quantitative estimate of drug-likeness (QED) is 0.848. The zero-order valence-electron chi connectivity index (χ0n) is 10.7. The van der Waals surface area contributed by atoms with Crippen molar-refractivity contribution in [1.29, 1.82) is 0 Å². The Morgan fingerprint density at radius 1 is 0.947 bits per heavy atom. The molecule has 0 saturated carbocycles. The Bertz CT molecular complexity index is 708. The normalized spacial score (nSPS) is 11.3. The molecule has 2 aromatic rings. The van der Waals surface area contributed by atoms with E-state index >= 15 is 0 Å². The van der Waals surface area contributed by atoms with E-state index in [-0.39, 0.29) is 16.3 Å². The molecule has 0 aliphatic carbocycles. The summed E-state index contributed by atoms with van der Waals surface area (Å²) >= 11 is 0. The molecular formula is C14H15NO3S. The van der Waals surface area contributed by atoms with Gasteiger partial charge < -0.3 is 5.11 Å². The van der Waals surface area contributed by atoms with Gasteiger partial charge in [0.05, 0.1) is 10.6 Å². The fraction of sp³-hybridized carbons (Fsp3) is 0.143. The van der Waals surface area contributed by atoms with Gasteiger partial charge in [0.25, 0.3) is 10.0 Å². The summed E-state index contributed by atoms with van der Waals surface area (Å²) in [5.41, 5.74) is 1.45. The molecule has 0 unspecified atom stereocenters. The standard InChI is InChI=1S/C14H15NO3S/c1-10-6-3-4-9-13(10)19(17,18)15-12-8-5-7-11(2)14(12)16/h3-9,15-16H,1-2H3. The maximum atomic E-state index is 12.3. The lowest BCUT2D eigenvalue weighted by Crippen LogP contribution is -2.14. The molecule has 2 aromatic carbocycles. The van der Waals surface area contributed by atoms with E-state index in [9.17, 15) is 13.5 Å². The van der Waals surface area contributed by atoms with Gasteiger partial charge in [-0.3, -0.25) is 4.72 Å². The van der Waals surface area contributed by atoms with E-state index in [1.165, 1.54) is 12.1 Å². The Balaban J connectivity index is 2.43. The second kappa shape index (κ2) is 4.93. The van der Waals surface area contributed by atoms with Gasteiger partial charge in [0.15, 0.2) is 0 Å². The summed E-state index contributed by atoms with van der Waals surface area (Å²) in [5, 5.41) is 9.85. The van der Waals surface area contributed by atoms with Gasteiger partial charge in [-0.1, -0.05) is 30.3 Å². The van der Waals surface area contributed by atoms with E-state index in [4.69, 9.17) is 0 Å². The Morgan fingerprint density at radius 2 is 1.58 bits per heavy atom. The van der Waals surface area contributed by atoms with Gasteiger partial charge in [-0.2, -0.15) is 0 Å². The van der Waals surface area contributed by atoms with Crippen molar-refractivity contribution in [3.8, 4) is 5.75 Å². The lowest BCUT2D eigenvalue weighted by Gasteiger charge is -2.12. The zero-order chi connectivity index (χ0) is 14.0. The summed E-state index contributed by atoms with van der Waals surface area (Å²) in [5.74, 6) is -0.0559. The van der Waals surface area contributed by atoms with Gasteiger partial charge in [0.1, 0.15) is 5.75 Å². The highest BCUT2D eigenvalue weighted by atomic mass is 32.2. The number of anilines is 1. The number of sulfonamides is 1. The van der Waals surface area contributed by atoms with Crippen molar-refractivity contribution in [2.45, 2.75) is 18.7 Å². The summed E-state index contributed by atoms with van der Waals surface area (Å²) in [7, 11) is -3.69. The summed E-state index contributed by atoms with van der Waals surface area (Å²) in [6, 6.07) is 11.6. The van der Waals surface area contributed by atoms with E-state index in [1.807, 2.05) is 0 Å². The summed E-state index contributed by atoms with van der Waals surface area (Å²) in [4.78, 5) is 0.205. The highest BCUT2D eigenvalue weighted by molar-refractivity contribution is 7.92. The number of para-hydroxylation sites is 1. The third kappa shape index (κ3) is 2.71. The van der Waals surface area contributed by atoms with Crippen molar-refractivity contribution in [3.63, 3.8) is 0 Å². The first-order chi connectivity index (χ1) is 8.92. The van der Waals surface area contributed by atoms with Crippen LogP contribution in [0.3, 0.4) is 0 Å². The average Bonchev–Trinajstić information content (AvgIpc) is 2.35. The lowest BCUT2D eigenvalue weighted by molar-refractivity contribution is 0.473. The Hall–Kier alpha value is -2.01. The first-order valence-corrected chi connectivity index (χ1v) is 7.27. The van der Waals surface area contributed by atoms with Crippen LogP contribution >= 0.6 is 0 Å². The molecule has 0 aliphatic rings. The largest absolute Gasteiger partial charge is 0.505 e. The summed E-state index contributed by atoms with van der Waals surface area (Å²) in [6.07, 6.45) is 0. The Morgan fingerprint density at radius 3 is 2.26 bits per heavy atom. The van der Waals surface area contributed by atoms with Crippen LogP contribution in [-0.2, 0) is 10.0 Å². The molecule has 0 fully saturated rings. The molecular weight excluding hydrogens is 262 g/mol. The molecule has 19 heavy (non-hydrogen) atoms. The molecule has 0 spiro atoms. The van der Waals surface area contributed by atoms with E-state index in [1.54, 1.807) is 44.2 Å². The zero-order valence-corrected chi connectivity index (χ0v) is 11.5. The number of aromatic hydroxyl groups is 1. The van der Waals surface area contributed by atoms with E-state index < -0.39 is 10.0 Å². The SMILES string of the molecule is Cc1ccccc1S(=O)(=O)Nc1cccc(C)c1O. The third-order valence-corrected chi connectivity index (χ3v) is 4.39. The van der Waals surface area contributed by atoms with Crippen molar-refractivity contribution in [3.05, 3.63) is 53.6 Å². The van der Waals surface area contributed by atoms with Gasteiger partial charge in [0.2, 0.25) is 0 Å². The minimum absolute atomic E-state index is 0.0559. The van der Waals surface area contributed by atoms with E-state index in [2.05, 4.69) is 4.72 Å². The molecule has 0 amide bonds. The Kier molecular flexibility index (Phi) is 3.48. The van der Waals surface area contributed by atoms with E-state index in [0.717, 1.165) is 0 Å². The third-order valence-electron chi connectivity index (χ3n) is 2.87. The van der Waals surface area contributed by atoms with Crippen LogP contribution in [-0.4, -0.2) is 13.5 Å². The molecule has 0 saturated heterocycles. The van der Waals surface area contributed by atoms with Crippen LogP contribution in [0.1, 0.15) is 11.1 Å². The van der Waals surface area contributed by atoms with Crippen LogP contribution < -0.4 is 4.72 Å². The second-order valence-electron chi connectivity index (χ2n) is 4.34. The molecule has 4 nitrogen and oxygen atoms in total. The second-order valence-corrected chi connectivity index (χ2v) is 5.99. The average molecular weight is 277 g/mol. The number of rotatable bonds is 3. The fourth-order valence-electron chi connectivity index (χ4n) is 1.80. The molecule has 100 valence electrons. The van der Waals surface area contributed by atoms with Gasteiger partial charge in [0, 0.05) is 0 Å².